The Morgan fingerprint density at radius 3 is 2.53 bits per heavy atom. The SMILES string of the molecule is COc1ccc(C2NNCC2CN2CCN(Cc3cccc(Cl)c3)CC2)c(OC)c1. The van der Waals surface area contributed by atoms with Crippen LogP contribution in [0.2, 0.25) is 5.02 Å². The third kappa shape index (κ3) is 5.07. The molecule has 30 heavy (non-hydrogen) atoms. The fourth-order valence-electron chi connectivity index (χ4n) is 4.47. The van der Waals surface area contributed by atoms with Gasteiger partial charge in [0.05, 0.1) is 20.3 Å². The second kappa shape index (κ2) is 9.98. The van der Waals surface area contributed by atoms with Crippen LogP contribution in [0.15, 0.2) is 42.5 Å². The first-order chi connectivity index (χ1) is 14.7. The molecule has 0 spiro atoms. The first kappa shape index (κ1) is 21.4. The molecule has 2 aliphatic heterocycles. The van der Waals surface area contributed by atoms with Gasteiger partial charge in [0.25, 0.3) is 0 Å². The smallest absolute Gasteiger partial charge is 0.127 e. The average molecular weight is 431 g/mol. The monoisotopic (exact) mass is 430 g/mol. The van der Waals surface area contributed by atoms with Gasteiger partial charge in [0.15, 0.2) is 0 Å². The summed E-state index contributed by atoms with van der Waals surface area (Å²) in [4.78, 5) is 5.09. The molecule has 2 aliphatic rings. The van der Waals surface area contributed by atoms with Crippen LogP contribution in [-0.4, -0.2) is 63.3 Å². The molecular formula is C23H31ClN4O2. The van der Waals surface area contributed by atoms with Gasteiger partial charge in [-0.3, -0.25) is 10.3 Å². The van der Waals surface area contributed by atoms with Crippen LogP contribution >= 0.6 is 11.6 Å². The summed E-state index contributed by atoms with van der Waals surface area (Å²) < 4.78 is 11.0. The summed E-state index contributed by atoms with van der Waals surface area (Å²) in [6.45, 7) is 7.31. The highest BCUT2D eigenvalue weighted by molar-refractivity contribution is 6.30. The molecule has 2 saturated heterocycles. The minimum Gasteiger partial charge on any atom is -0.497 e. The predicted molar refractivity (Wildman–Crippen MR) is 120 cm³/mol. The minimum absolute atomic E-state index is 0.218. The van der Waals surface area contributed by atoms with E-state index in [0.717, 1.165) is 62.3 Å². The summed E-state index contributed by atoms with van der Waals surface area (Å²) in [5.74, 6) is 2.16. The molecule has 0 radical (unpaired) electrons. The van der Waals surface area contributed by atoms with Crippen molar-refractivity contribution < 1.29 is 9.47 Å². The Morgan fingerprint density at radius 1 is 1.00 bits per heavy atom. The summed E-state index contributed by atoms with van der Waals surface area (Å²) >= 11 is 6.13. The van der Waals surface area contributed by atoms with E-state index in [1.54, 1.807) is 14.2 Å². The van der Waals surface area contributed by atoms with Crippen molar-refractivity contribution in [1.82, 2.24) is 20.7 Å². The molecule has 7 heteroatoms. The van der Waals surface area contributed by atoms with Crippen LogP contribution in [0.5, 0.6) is 11.5 Å². The van der Waals surface area contributed by atoms with Gasteiger partial charge in [-0.2, -0.15) is 0 Å². The molecule has 6 nitrogen and oxygen atoms in total. The zero-order chi connectivity index (χ0) is 20.9. The van der Waals surface area contributed by atoms with Gasteiger partial charge in [0.1, 0.15) is 11.5 Å². The van der Waals surface area contributed by atoms with E-state index < -0.39 is 0 Å². The highest BCUT2D eigenvalue weighted by atomic mass is 35.5. The lowest BCUT2D eigenvalue weighted by atomic mass is 9.93. The number of ether oxygens (including phenoxy) is 2. The molecule has 2 atom stereocenters. The first-order valence-corrected chi connectivity index (χ1v) is 10.9. The average Bonchev–Trinajstić information content (AvgIpc) is 3.22. The topological polar surface area (TPSA) is 49.0 Å². The fourth-order valence-corrected chi connectivity index (χ4v) is 4.68. The maximum absolute atomic E-state index is 6.13. The highest BCUT2D eigenvalue weighted by Crippen LogP contribution is 2.35. The van der Waals surface area contributed by atoms with Crippen LogP contribution in [0.4, 0.5) is 0 Å². The Hall–Kier alpha value is -1.83. The van der Waals surface area contributed by atoms with Crippen molar-refractivity contribution in [2.45, 2.75) is 12.6 Å². The van der Waals surface area contributed by atoms with E-state index in [1.165, 1.54) is 11.1 Å². The predicted octanol–water partition coefficient (Wildman–Crippen LogP) is 2.94. The number of benzene rings is 2. The maximum Gasteiger partial charge on any atom is 0.127 e. The number of rotatable bonds is 7. The molecule has 0 bridgehead atoms. The van der Waals surface area contributed by atoms with Crippen LogP contribution in [0, 0.1) is 5.92 Å². The summed E-state index contributed by atoms with van der Waals surface area (Å²) in [7, 11) is 3.40. The number of hydrogen-bond acceptors (Lipinski definition) is 6. The molecule has 0 aliphatic carbocycles. The molecule has 2 unspecified atom stereocenters. The summed E-state index contributed by atoms with van der Waals surface area (Å²) in [5.41, 5.74) is 9.26. The van der Waals surface area contributed by atoms with E-state index in [4.69, 9.17) is 21.1 Å². The standard InChI is InChI=1S/C23H31ClN4O2/c1-29-20-6-7-21(22(13-20)30-2)23-18(14-25-26-23)16-28-10-8-27(9-11-28)15-17-4-3-5-19(24)12-17/h3-7,12-13,18,23,25-26H,8-11,14-16H2,1-2H3. The van der Waals surface area contributed by atoms with Crippen molar-refractivity contribution in [2.24, 2.45) is 5.92 Å². The summed E-state index contributed by atoms with van der Waals surface area (Å²) in [6.07, 6.45) is 0. The normalized spacial score (nSPS) is 22.9. The fraction of sp³-hybridized carbons (Fsp3) is 0.478. The molecule has 2 aromatic carbocycles. The molecule has 2 fully saturated rings. The van der Waals surface area contributed by atoms with E-state index in [9.17, 15) is 0 Å². The summed E-state index contributed by atoms with van der Waals surface area (Å²) in [6, 6.07) is 14.5. The van der Waals surface area contributed by atoms with Gasteiger partial charge >= 0.3 is 0 Å². The molecule has 2 N–H and O–H groups in total. The van der Waals surface area contributed by atoms with Gasteiger partial charge < -0.3 is 14.4 Å². The Morgan fingerprint density at radius 2 is 1.80 bits per heavy atom. The number of hydrazine groups is 1. The van der Waals surface area contributed by atoms with Crippen molar-refractivity contribution in [3.05, 3.63) is 58.6 Å². The quantitative estimate of drug-likeness (QED) is 0.704. The van der Waals surface area contributed by atoms with Gasteiger partial charge in [-0.05, 0) is 23.8 Å². The van der Waals surface area contributed by atoms with Crippen LogP contribution in [0.3, 0.4) is 0 Å². The third-order valence-corrected chi connectivity index (χ3v) is 6.36. The Bertz CT molecular complexity index is 842. The molecule has 0 amide bonds. The number of nitrogens with zero attached hydrogens (tertiary/aromatic N) is 2. The Labute approximate surface area is 184 Å². The molecule has 4 rings (SSSR count). The van der Waals surface area contributed by atoms with E-state index in [2.05, 4.69) is 38.9 Å². The largest absolute Gasteiger partial charge is 0.497 e. The molecule has 0 saturated carbocycles. The zero-order valence-electron chi connectivity index (χ0n) is 17.7. The molecule has 2 aromatic rings. The van der Waals surface area contributed by atoms with Crippen LogP contribution in [0.25, 0.3) is 0 Å². The van der Waals surface area contributed by atoms with Gasteiger partial charge in [-0.25, -0.2) is 5.43 Å². The van der Waals surface area contributed by atoms with Crippen molar-refractivity contribution in [3.8, 4) is 11.5 Å². The molecule has 2 heterocycles. The van der Waals surface area contributed by atoms with Gasteiger partial charge in [-0.15, -0.1) is 0 Å². The molecule has 162 valence electrons. The molecule has 0 aromatic heterocycles. The Kier molecular flexibility index (Phi) is 7.12. The lowest BCUT2D eigenvalue weighted by molar-refractivity contribution is 0.112. The number of methoxy groups -OCH3 is 2. The van der Waals surface area contributed by atoms with E-state index in [1.807, 2.05) is 24.3 Å². The van der Waals surface area contributed by atoms with Crippen molar-refractivity contribution in [2.75, 3.05) is 53.5 Å². The van der Waals surface area contributed by atoms with E-state index >= 15 is 0 Å². The van der Waals surface area contributed by atoms with Gasteiger partial charge in [0, 0.05) is 68.4 Å². The van der Waals surface area contributed by atoms with Crippen LogP contribution < -0.4 is 20.3 Å². The maximum atomic E-state index is 6.13. The first-order valence-electron chi connectivity index (χ1n) is 10.6. The number of hydrogen-bond donors (Lipinski definition) is 2. The van der Waals surface area contributed by atoms with Crippen molar-refractivity contribution >= 4 is 11.6 Å². The van der Waals surface area contributed by atoms with Crippen LogP contribution in [-0.2, 0) is 6.54 Å². The van der Waals surface area contributed by atoms with Crippen LogP contribution in [0.1, 0.15) is 17.2 Å². The second-order valence-corrected chi connectivity index (χ2v) is 8.51. The second-order valence-electron chi connectivity index (χ2n) is 8.08. The highest BCUT2D eigenvalue weighted by Gasteiger charge is 2.32. The number of piperazine rings is 1. The lowest BCUT2D eigenvalue weighted by Crippen LogP contribution is -2.48. The van der Waals surface area contributed by atoms with E-state index in [0.29, 0.717) is 5.92 Å². The van der Waals surface area contributed by atoms with E-state index in [-0.39, 0.29) is 6.04 Å². The lowest BCUT2D eigenvalue weighted by Gasteiger charge is -2.36. The zero-order valence-corrected chi connectivity index (χ0v) is 18.5. The van der Waals surface area contributed by atoms with Gasteiger partial charge in [0.2, 0.25) is 0 Å². The third-order valence-electron chi connectivity index (χ3n) is 6.12. The number of halogens is 1. The summed E-state index contributed by atoms with van der Waals surface area (Å²) in [5, 5.41) is 0.812. The minimum atomic E-state index is 0.218. The number of nitrogens with one attached hydrogen (secondary N) is 2. The van der Waals surface area contributed by atoms with Crippen molar-refractivity contribution in [3.63, 3.8) is 0 Å². The molecular weight excluding hydrogens is 400 g/mol. The Balaban J connectivity index is 1.33. The van der Waals surface area contributed by atoms with Gasteiger partial charge in [-0.1, -0.05) is 29.8 Å². The van der Waals surface area contributed by atoms with Crippen molar-refractivity contribution in [1.29, 1.82) is 0 Å².